The van der Waals surface area contributed by atoms with Crippen molar-refractivity contribution in [1.29, 1.82) is 0 Å². The van der Waals surface area contributed by atoms with E-state index in [2.05, 4.69) is 5.32 Å². The average molecular weight is 254 g/mol. The lowest BCUT2D eigenvalue weighted by atomic mass is 10.3. The third-order valence-corrected chi connectivity index (χ3v) is 2.21. The number of nitrogens with zero attached hydrogens (tertiary/aromatic N) is 1. The van der Waals surface area contributed by atoms with Crippen LogP contribution in [0.1, 0.15) is 17.5 Å². The highest BCUT2D eigenvalue weighted by Gasteiger charge is 2.19. The van der Waals surface area contributed by atoms with Gasteiger partial charge in [-0.2, -0.15) is 0 Å². The normalized spacial score (nSPS) is 11.7. The lowest BCUT2D eigenvalue weighted by molar-refractivity contribution is -0.141. The van der Waals surface area contributed by atoms with E-state index in [0.717, 1.165) is 4.90 Å². The molecule has 1 aromatic heterocycles. The van der Waals surface area contributed by atoms with E-state index in [0.29, 0.717) is 0 Å². The molecule has 2 amide bonds. The van der Waals surface area contributed by atoms with Gasteiger partial charge in [0, 0.05) is 7.05 Å². The summed E-state index contributed by atoms with van der Waals surface area (Å²) in [6, 6.07) is 2.05. The van der Waals surface area contributed by atoms with Crippen LogP contribution < -0.4 is 5.32 Å². The molecule has 0 saturated heterocycles. The van der Waals surface area contributed by atoms with Gasteiger partial charge in [-0.3, -0.25) is 14.4 Å². The van der Waals surface area contributed by atoms with Crippen LogP contribution in [0.3, 0.4) is 0 Å². The Labute approximate surface area is 103 Å². The van der Waals surface area contributed by atoms with Gasteiger partial charge >= 0.3 is 5.97 Å². The molecule has 0 fully saturated rings. The summed E-state index contributed by atoms with van der Waals surface area (Å²) in [7, 11) is 1.43. The molecule has 0 radical (unpaired) electrons. The Morgan fingerprint density at radius 2 is 2.17 bits per heavy atom. The zero-order valence-electron chi connectivity index (χ0n) is 10.0. The molecule has 0 unspecified atom stereocenters. The van der Waals surface area contributed by atoms with Gasteiger partial charge < -0.3 is 19.7 Å². The summed E-state index contributed by atoms with van der Waals surface area (Å²) in [4.78, 5) is 34.8. The molecule has 0 spiro atoms. The first-order chi connectivity index (χ1) is 8.41. The summed E-state index contributed by atoms with van der Waals surface area (Å²) in [5.41, 5.74) is 0. The minimum absolute atomic E-state index is 0.122. The lowest BCUT2D eigenvalue weighted by Crippen LogP contribution is -2.44. The summed E-state index contributed by atoms with van der Waals surface area (Å²) in [5.74, 6) is -2.01. The van der Waals surface area contributed by atoms with Crippen molar-refractivity contribution in [2.75, 3.05) is 13.6 Å². The molecule has 1 rings (SSSR count). The van der Waals surface area contributed by atoms with Crippen molar-refractivity contribution in [3.05, 3.63) is 24.2 Å². The number of furan rings is 1. The van der Waals surface area contributed by atoms with Gasteiger partial charge in [0.25, 0.3) is 5.91 Å². The van der Waals surface area contributed by atoms with E-state index in [4.69, 9.17) is 9.52 Å². The quantitative estimate of drug-likeness (QED) is 0.766. The second-order valence-electron chi connectivity index (χ2n) is 3.77. The number of nitrogens with one attached hydrogen (secondary N) is 1. The lowest BCUT2D eigenvalue weighted by Gasteiger charge is -2.16. The molecule has 18 heavy (non-hydrogen) atoms. The van der Waals surface area contributed by atoms with Crippen LogP contribution in [0.5, 0.6) is 0 Å². The maximum absolute atomic E-state index is 11.7. The van der Waals surface area contributed by atoms with Crippen LogP contribution in [0.25, 0.3) is 0 Å². The Kier molecular flexibility index (Phi) is 4.47. The molecule has 1 aromatic rings. The highest BCUT2D eigenvalue weighted by atomic mass is 16.4. The Hall–Kier alpha value is -2.31. The van der Waals surface area contributed by atoms with Crippen LogP contribution in [-0.2, 0) is 9.59 Å². The van der Waals surface area contributed by atoms with Crippen LogP contribution >= 0.6 is 0 Å². The summed E-state index contributed by atoms with van der Waals surface area (Å²) < 4.78 is 4.90. The fourth-order valence-corrected chi connectivity index (χ4v) is 1.22. The number of carbonyl (C=O) groups is 3. The minimum atomic E-state index is -1.14. The average Bonchev–Trinajstić information content (AvgIpc) is 2.80. The van der Waals surface area contributed by atoms with Crippen LogP contribution in [0.2, 0.25) is 0 Å². The Morgan fingerprint density at radius 1 is 1.50 bits per heavy atom. The van der Waals surface area contributed by atoms with Crippen molar-refractivity contribution in [2.24, 2.45) is 0 Å². The predicted molar refractivity (Wildman–Crippen MR) is 60.9 cm³/mol. The number of amides is 2. The highest BCUT2D eigenvalue weighted by Crippen LogP contribution is 2.03. The standard InChI is InChI=1S/C11H14N2O5/c1-7(11(16)17)12-9(14)6-13(2)10(15)8-4-3-5-18-8/h3-5,7H,6H2,1-2H3,(H,12,14)(H,16,17)/t7-/m1/s1. The Bertz CT molecular complexity index is 440. The summed E-state index contributed by atoms with van der Waals surface area (Å²) >= 11 is 0. The Balaban J connectivity index is 2.50. The first-order valence-electron chi connectivity index (χ1n) is 5.23. The summed E-state index contributed by atoms with van der Waals surface area (Å²) in [6.07, 6.45) is 1.35. The number of hydrogen-bond acceptors (Lipinski definition) is 4. The predicted octanol–water partition coefficient (Wildman–Crippen LogP) is -0.0591. The molecular formula is C11H14N2O5. The smallest absolute Gasteiger partial charge is 0.325 e. The molecule has 0 saturated carbocycles. The molecule has 0 aliphatic heterocycles. The summed E-state index contributed by atoms with van der Waals surface area (Å²) in [5, 5.41) is 10.9. The molecule has 7 nitrogen and oxygen atoms in total. The van der Waals surface area contributed by atoms with Crippen LogP contribution in [0.15, 0.2) is 22.8 Å². The van der Waals surface area contributed by atoms with Crippen molar-refractivity contribution in [3.63, 3.8) is 0 Å². The number of aliphatic carboxylic acids is 1. The van der Waals surface area contributed by atoms with Crippen molar-refractivity contribution >= 4 is 17.8 Å². The first-order valence-corrected chi connectivity index (χ1v) is 5.23. The van der Waals surface area contributed by atoms with E-state index < -0.39 is 23.8 Å². The number of carboxylic acid groups (broad SMARTS) is 1. The van der Waals surface area contributed by atoms with E-state index in [9.17, 15) is 14.4 Å². The van der Waals surface area contributed by atoms with Crippen LogP contribution in [-0.4, -0.2) is 47.4 Å². The second-order valence-corrected chi connectivity index (χ2v) is 3.77. The van der Waals surface area contributed by atoms with Crippen LogP contribution in [0.4, 0.5) is 0 Å². The zero-order valence-corrected chi connectivity index (χ0v) is 10.0. The third kappa shape index (κ3) is 3.62. The van der Waals surface area contributed by atoms with Gasteiger partial charge in [0.2, 0.25) is 5.91 Å². The van der Waals surface area contributed by atoms with Gasteiger partial charge in [-0.15, -0.1) is 0 Å². The maximum Gasteiger partial charge on any atom is 0.325 e. The topological polar surface area (TPSA) is 99.9 Å². The molecule has 1 heterocycles. The molecule has 98 valence electrons. The number of carbonyl (C=O) groups excluding carboxylic acids is 2. The third-order valence-electron chi connectivity index (χ3n) is 2.21. The van der Waals surface area contributed by atoms with Crippen molar-refractivity contribution < 1.29 is 23.9 Å². The molecule has 1 atom stereocenters. The van der Waals surface area contributed by atoms with E-state index in [1.807, 2.05) is 0 Å². The van der Waals surface area contributed by atoms with Gasteiger partial charge in [0.1, 0.15) is 6.04 Å². The van der Waals surface area contributed by atoms with E-state index >= 15 is 0 Å². The van der Waals surface area contributed by atoms with Crippen molar-refractivity contribution in [3.8, 4) is 0 Å². The van der Waals surface area contributed by atoms with Gasteiger partial charge in [0.05, 0.1) is 12.8 Å². The van der Waals surface area contributed by atoms with Gasteiger partial charge in [-0.05, 0) is 19.1 Å². The molecule has 0 aromatic carbocycles. The van der Waals surface area contributed by atoms with Crippen LogP contribution in [0, 0.1) is 0 Å². The van der Waals surface area contributed by atoms with Gasteiger partial charge in [-0.1, -0.05) is 0 Å². The largest absolute Gasteiger partial charge is 0.480 e. The van der Waals surface area contributed by atoms with Crippen molar-refractivity contribution in [2.45, 2.75) is 13.0 Å². The monoisotopic (exact) mass is 254 g/mol. The highest BCUT2D eigenvalue weighted by molar-refractivity contribution is 5.94. The fourth-order valence-electron chi connectivity index (χ4n) is 1.22. The molecule has 2 N–H and O–H groups in total. The molecule has 7 heteroatoms. The number of carboxylic acids is 1. The summed E-state index contributed by atoms with van der Waals surface area (Å²) in [6.45, 7) is 1.10. The molecular weight excluding hydrogens is 240 g/mol. The van der Waals surface area contributed by atoms with Gasteiger partial charge in [0.15, 0.2) is 5.76 Å². The maximum atomic E-state index is 11.7. The second kappa shape index (κ2) is 5.85. The SMILES string of the molecule is C[C@@H](NC(=O)CN(C)C(=O)c1ccco1)C(=O)O. The van der Waals surface area contributed by atoms with Crippen molar-refractivity contribution in [1.82, 2.24) is 10.2 Å². The fraction of sp³-hybridized carbons (Fsp3) is 0.364. The molecule has 0 aliphatic carbocycles. The minimum Gasteiger partial charge on any atom is -0.480 e. The first kappa shape index (κ1) is 13.8. The Morgan fingerprint density at radius 3 is 2.67 bits per heavy atom. The molecule has 0 aliphatic rings. The van der Waals surface area contributed by atoms with E-state index in [1.165, 1.54) is 26.3 Å². The number of rotatable bonds is 5. The molecule has 0 bridgehead atoms. The van der Waals surface area contributed by atoms with Gasteiger partial charge in [-0.25, -0.2) is 0 Å². The van der Waals surface area contributed by atoms with E-state index in [1.54, 1.807) is 6.07 Å². The number of hydrogen-bond donors (Lipinski definition) is 2. The zero-order chi connectivity index (χ0) is 13.7. The van der Waals surface area contributed by atoms with E-state index in [-0.39, 0.29) is 12.3 Å². The number of likely N-dealkylation sites (N-methyl/N-ethyl adjacent to an activating group) is 1.